The quantitative estimate of drug-likeness (QED) is 0.836. The maximum atomic E-state index is 11.8. The summed E-state index contributed by atoms with van der Waals surface area (Å²) in [6.45, 7) is 2.33. The van der Waals surface area contributed by atoms with Gasteiger partial charge < -0.3 is 10.4 Å². The van der Waals surface area contributed by atoms with Crippen molar-refractivity contribution < 1.29 is 14.7 Å². The van der Waals surface area contributed by atoms with E-state index in [1.54, 1.807) is 18.2 Å². The molecule has 2 rings (SSSR count). The minimum Gasteiger partial charge on any atom is -0.478 e. The van der Waals surface area contributed by atoms with E-state index in [-0.39, 0.29) is 17.4 Å². The van der Waals surface area contributed by atoms with Crippen LogP contribution in [0.15, 0.2) is 24.3 Å². The molecule has 1 aliphatic rings. The highest BCUT2D eigenvalue weighted by Gasteiger charge is 2.32. The van der Waals surface area contributed by atoms with E-state index in [4.69, 9.17) is 5.11 Å². The normalized spacial score (nSPS) is 16.1. The van der Waals surface area contributed by atoms with E-state index in [9.17, 15) is 9.59 Å². The van der Waals surface area contributed by atoms with Crippen LogP contribution in [0.3, 0.4) is 0 Å². The van der Waals surface area contributed by atoms with Crippen LogP contribution in [0.1, 0.15) is 35.7 Å². The van der Waals surface area contributed by atoms with E-state index in [1.807, 2.05) is 13.0 Å². The lowest BCUT2D eigenvalue weighted by Crippen LogP contribution is -2.29. The molecule has 0 aromatic heterocycles. The Morgan fingerprint density at radius 3 is 2.78 bits per heavy atom. The van der Waals surface area contributed by atoms with Gasteiger partial charge >= 0.3 is 5.97 Å². The first kappa shape index (κ1) is 12.6. The number of hydrogen-bond donors (Lipinski definition) is 2. The minimum atomic E-state index is -0.950. The largest absolute Gasteiger partial charge is 0.478 e. The van der Waals surface area contributed by atoms with E-state index >= 15 is 0 Å². The molecule has 4 nitrogen and oxygen atoms in total. The Morgan fingerprint density at radius 1 is 1.44 bits per heavy atom. The number of amides is 1. The molecule has 18 heavy (non-hydrogen) atoms. The first-order valence-corrected chi connectivity index (χ1v) is 6.18. The van der Waals surface area contributed by atoms with Crippen LogP contribution in [0, 0.1) is 11.8 Å². The Labute approximate surface area is 106 Å². The summed E-state index contributed by atoms with van der Waals surface area (Å²) in [5.74, 6) is -0.296. The highest BCUT2D eigenvalue weighted by atomic mass is 16.4. The second kappa shape index (κ2) is 5.21. The van der Waals surface area contributed by atoms with E-state index in [2.05, 4.69) is 5.32 Å². The summed E-state index contributed by atoms with van der Waals surface area (Å²) in [7, 11) is 0. The van der Waals surface area contributed by atoms with Gasteiger partial charge in [0.15, 0.2) is 0 Å². The lowest BCUT2D eigenvalue weighted by Gasteiger charge is -2.11. The summed E-state index contributed by atoms with van der Waals surface area (Å²) in [6.07, 6.45) is 2.28. The third-order valence-corrected chi connectivity index (χ3v) is 3.38. The van der Waals surface area contributed by atoms with Gasteiger partial charge in [-0.1, -0.05) is 19.1 Å². The highest BCUT2D eigenvalue weighted by molar-refractivity contribution is 5.87. The van der Waals surface area contributed by atoms with Crippen molar-refractivity contribution in [1.82, 2.24) is 5.32 Å². The van der Waals surface area contributed by atoms with E-state index in [0.29, 0.717) is 12.5 Å². The molecule has 1 fully saturated rings. The number of carbonyl (C=O) groups excluding carboxylic acids is 1. The number of aromatic carboxylic acids is 1. The van der Waals surface area contributed by atoms with E-state index in [0.717, 1.165) is 18.4 Å². The number of carboxylic acid groups (broad SMARTS) is 1. The molecule has 0 spiro atoms. The molecule has 0 radical (unpaired) electrons. The molecule has 0 saturated heterocycles. The van der Waals surface area contributed by atoms with Crippen molar-refractivity contribution in [3.8, 4) is 0 Å². The van der Waals surface area contributed by atoms with Gasteiger partial charge in [0, 0.05) is 12.5 Å². The van der Waals surface area contributed by atoms with Gasteiger partial charge in [0.1, 0.15) is 0 Å². The van der Waals surface area contributed by atoms with Crippen LogP contribution in [-0.2, 0) is 11.3 Å². The second-order valence-electron chi connectivity index (χ2n) is 4.85. The Hall–Kier alpha value is -1.84. The molecular weight excluding hydrogens is 230 g/mol. The van der Waals surface area contributed by atoms with Crippen LogP contribution in [0.4, 0.5) is 0 Å². The molecule has 1 saturated carbocycles. The van der Waals surface area contributed by atoms with Gasteiger partial charge in [-0.2, -0.15) is 0 Å². The maximum Gasteiger partial charge on any atom is 0.335 e. The lowest BCUT2D eigenvalue weighted by atomic mass is 10.1. The Balaban J connectivity index is 1.91. The standard InChI is InChI=1S/C14H17NO3/c1-9(11-5-6-11)13(16)15-8-10-3-2-4-12(7-10)14(17)18/h2-4,7,9,11H,5-6,8H2,1H3,(H,15,16)(H,17,18). The fourth-order valence-electron chi connectivity index (χ4n) is 1.97. The molecule has 4 heteroatoms. The molecule has 1 aromatic rings. The highest BCUT2D eigenvalue weighted by Crippen LogP contribution is 2.36. The molecule has 1 aromatic carbocycles. The van der Waals surface area contributed by atoms with E-state index < -0.39 is 5.97 Å². The monoisotopic (exact) mass is 247 g/mol. The van der Waals surface area contributed by atoms with Gasteiger partial charge in [0.2, 0.25) is 5.91 Å². The fraction of sp³-hybridized carbons (Fsp3) is 0.429. The summed E-state index contributed by atoms with van der Waals surface area (Å²) in [5, 5.41) is 11.7. The molecule has 1 unspecified atom stereocenters. The first-order valence-electron chi connectivity index (χ1n) is 6.18. The summed E-state index contributed by atoms with van der Waals surface area (Å²) in [6, 6.07) is 6.63. The zero-order valence-electron chi connectivity index (χ0n) is 10.3. The van der Waals surface area contributed by atoms with Gasteiger partial charge in [-0.25, -0.2) is 4.79 Å². The first-order chi connectivity index (χ1) is 8.58. The molecule has 0 heterocycles. The smallest absolute Gasteiger partial charge is 0.335 e. The molecule has 96 valence electrons. The van der Waals surface area contributed by atoms with Gasteiger partial charge in [-0.15, -0.1) is 0 Å². The SMILES string of the molecule is CC(C(=O)NCc1cccc(C(=O)O)c1)C1CC1. The average Bonchev–Trinajstić information content (AvgIpc) is 3.19. The molecule has 0 aliphatic heterocycles. The Bertz CT molecular complexity index is 466. The third-order valence-electron chi connectivity index (χ3n) is 3.38. The van der Waals surface area contributed by atoms with Gasteiger partial charge in [0.05, 0.1) is 5.56 Å². The number of carboxylic acids is 1. The minimum absolute atomic E-state index is 0.0539. The van der Waals surface area contributed by atoms with Gasteiger partial charge in [-0.05, 0) is 36.5 Å². The Kier molecular flexibility index (Phi) is 3.65. The van der Waals surface area contributed by atoms with Crippen molar-refractivity contribution in [3.05, 3.63) is 35.4 Å². The molecule has 2 N–H and O–H groups in total. The number of hydrogen-bond acceptors (Lipinski definition) is 2. The predicted molar refractivity (Wildman–Crippen MR) is 67.1 cm³/mol. The number of rotatable bonds is 5. The van der Waals surface area contributed by atoms with Gasteiger partial charge in [0.25, 0.3) is 0 Å². The fourth-order valence-corrected chi connectivity index (χ4v) is 1.97. The van der Waals surface area contributed by atoms with Crippen LogP contribution in [-0.4, -0.2) is 17.0 Å². The zero-order chi connectivity index (χ0) is 13.1. The number of carbonyl (C=O) groups is 2. The van der Waals surface area contributed by atoms with Crippen molar-refractivity contribution in [2.45, 2.75) is 26.3 Å². The van der Waals surface area contributed by atoms with Crippen LogP contribution < -0.4 is 5.32 Å². The van der Waals surface area contributed by atoms with Gasteiger partial charge in [-0.3, -0.25) is 4.79 Å². The van der Waals surface area contributed by atoms with Crippen molar-refractivity contribution in [3.63, 3.8) is 0 Å². The summed E-state index contributed by atoms with van der Waals surface area (Å²) in [5.41, 5.74) is 1.06. The van der Waals surface area contributed by atoms with Crippen LogP contribution in [0.2, 0.25) is 0 Å². The van der Waals surface area contributed by atoms with E-state index in [1.165, 1.54) is 0 Å². The average molecular weight is 247 g/mol. The molecule has 1 aliphatic carbocycles. The predicted octanol–water partition coefficient (Wildman–Crippen LogP) is 2.05. The summed E-state index contributed by atoms with van der Waals surface area (Å²) >= 11 is 0. The van der Waals surface area contributed by atoms with Crippen molar-refractivity contribution in [2.24, 2.45) is 11.8 Å². The van der Waals surface area contributed by atoms with Crippen LogP contribution in [0.25, 0.3) is 0 Å². The summed E-state index contributed by atoms with van der Waals surface area (Å²) in [4.78, 5) is 22.6. The van der Waals surface area contributed by atoms with Crippen LogP contribution in [0.5, 0.6) is 0 Å². The second-order valence-corrected chi connectivity index (χ2v) is 4.85. The summed E-state index contributed by atoms with van der Waals surface area (Å²) < 4.78 is 0. The number of benzene rings is 1. The molecule has 1 atom stereocenters. The molecule has 0 bridgehead atoms. The van der Waals surface area contributed by atoms with Crippen molar-refractivity contribution >= 4 is 11.9 Å². The third kappa shape index (κ3) is 3.09. The van der Waals surface area contributed by atoms with Crippen LogP contribution >= 0.6 is 0 Å². The van der Waals surface area contributed by atoms with Crippen molar-refractivity contribution in [1.29, 1.82) is 0 Å². The maximum absolute atomic E-state index is 11.8. The van der Waals surface area contributed by atoms with Crippen molar-refractivity contribution in [2.75, 3.05) is 0 Å². The number of nitrogens with one attached hydrogen (secondary N) is 1. The Morgan fingerprint density at radius 2 is 2.17 bits per heavy atom. The zero-order valence-corrected chi connectivity index (χ0v) is 10.3. The molecule has 1 amide bonds. The topological polar surface area (TPSA) is 66.4 Å². The lowest BCUT2D eigenvalue weighted by molar-refractivity contribution is -0.125. The molecular formula is C14H17NO3.